The highest BCUT2D eigenvalue weighted by Crippen LogP contribution is 2.40. The van der Waals surface area contributed by atoms with Gasteiger partial charge in [-0.15, -0.1) is 0 Å². The molecule has 3 aromatic rings. The summed E-state index contributed by atoms with van der Waals surface area (Å²) in [6.07, 6.45) is -6.47. The molecule has 2 heterocycles. The Labute approximate surface area is 170 Å². The van der Waals surface area contributed by atoms with Crippen LogP contribution in [0.3, 0.4) is 0 Å². The van der Waals surface area contributed by atoms with E-state index in [9.17, 15) is 30.6 Å². The van der Waals surface area contributed by atoms with Crippen molar-refractivity contribution in [2.24, 2.45) is 0 Å². The van der Waals surface area contributed by atoms with Gasteiger partial charge in [-0.2, -0.15) is 0 Å². The Morgan fingerprint density at radius 3 is 2.27 bits per heavy atom. The molecule has 0 saturated carbocycles. The first-order valence-electron chi connectivity index (χ1n) is 9.23. The van der Waals surface area contributed by atoms with Crippen LogP contribution in [0.5, 0.6) is 23.0 Å². The molecule has 0 bridgehead atoms. The summed E-state index contributed by atoms with van der Waals surface area (Å²) < 4.78 is 17.1. The molecular weight excluding hydrogens is 396 g/mol. The summed E-state index contributed by atoms with van der Waals surface area (Å²) in [6, 6.07) is 9.89. The summed E-state index contributed by atoms with van der Waals surface area (Å²) in [7, 11) is 0. The third kappa shape index (κ3) is 3.59. The number of fused-ring (bicyclic) bond motifs is 1. The minimum Gasteiger partial charge on any atom is -0.508 e. The molecule has 9 nitrogen and oxygen atoms in total. The molecule has 1 fully saturated rings. The maximum atomic E-state index is 10.3. The van der Waals surface area contributed by atoms with E-state index in [1.165, 1.54) is 31.2 Å². The molecule has 1 saturated heterocycles. The number of hydrogen-bond donors (Lipinski definition) is 6. The minimum absolute atomic E-state index is 0.0364. The predicted octanol–water partition coefficient (Wildman–Crippen LogP) is 1.70. The average Bonchev–Trinajstić information content (AvgIpc) is 2.71. The lowest BCUT2D eigenvalue weighted by Gasteiger charge is -2.38. The summed E-state index contributed by atoms with van der Waals surface area (Å²) in [4.78, 5) is 0. The van der Waals surface area contributed by atoms with E-state index in [1.54, 1.807) is 12.1 Å². The van der Waals surface area contributed by atoms with Crippen molar-refractivity contribution in [1.29, 1.82) is 0 Å². The lowest BCUT2D eigenvalue weighted by atomic mass is 10.00. The summed E-state index contributed by atoms with van der Waals surface area (Å²) >= 11 is 0. The maximum Gasteiger partial charge on any atom is 0.402 e. The first-order valence-corrected chi connectivity index (χ1v) is 9.23. The summed E-state index contributed by atoms with van der Waals surface area (Å²) in [5, 5.41) is 60.0. The summed E-state index contributed by atoms with van der Waals surface area (Å²) in [5.41, 5.74) is 0.656. The molecule has 9 heteroatoms. The number of ether oxygens (including phenoxy) is 2. The van der Waals surface area contributed by atoms with Crippen molar-refractivity contribution in [3.8, 4) is 34.3 Å². The fourth-order valence-corrected chi connectivity index (χ4v) is 3.32. The van der Waals surface area contributed by atoms with Crippen molar-refractivity contribution in [3.05, 3.63) is 42.5 Å². The molecule has 2 aromatic carbocycles. The van der Waals surface area contributed by atoms with E-state index in [0.29, 0.717) is 5.56 Å². The van der Waals surface area contributed by atoms with Crippen LogP contribution in [0.4, 0.5) is 0 Å². The number of phenols is 3. The van der Waals surface area contributed by atoms with Crippen LogP contribution in [-0.2, 0) is 4.74 Å². The molecule has 6 N–H and O–H groups in total. The van der Waals surface area contributed by atoms with Crippen molar-refractivity contribution in [3.63, 3.8) is 0 Å². The third-order valence-electron chi connectivity index (χ3n) is 5.00. The van der Waals surface area contributed by atoms with E-state index in [0.717, 1.165) is 6.07 Å². The Kier molecular flexibility index (Phi) is 5.12. The zero-order valence-corrected chi connectivity index (χ0v) is 15.8. The largest absolute Gasteiger partial charge is 0.508 e. The van der Waals surface area contributed by atoms with Crippen LogP contribution >= 0.6 is 0 Å². The first kappa shape index (κ1) is 20.2. The highest BCUT2D eigenvalue weighted by atomic mass is 16.7. The second kappa shape index (κ2) is 7.62. The number of rotatable bonds is 3. The van der Waals surface area contributed by atoms with Gasteiger partial charge in [0.1, 0.15) is 40.9 Å². The van der Waals surface area contributed by atoms with Crippen LogP contribution in [0, 0.1) is 0 Å². The van der Waals surface area contributed by atoms with Gasteiger partial charge in [-0.05, 0) is 31.2 Å². The molecule has 1 aliphatic rings. The normalized spacial score (nSPS) is 26.6. The Morgan fingerprint density at radius 1 is 0.867 bits per heavy atom. The minimum atomic E-state index is -1.55. The van der Waals surface area contributed by atoms with Gasteiger partial charge >= 0.3 is 11.3 Å². The number of aliphatic hydroxyl groups excluding tert-OH is 3. The molecule has 2 unspecified atom stereocenters. The molecule has 0 amide bonds. The van der Waals surface area contributed by atoms with Crippen LogP contribution in [0.15, 0.2) is 46.9 Å². The molecule has 1 aliphatic heterocycles. The topological polar surface area (TPSA) is 151 Å². The van der Waals surface area contributed by atoms with Gasteiger partial charge in [-0.25, -0.2) is 4.42 Å². The first-order chi connectivity index (χ1) is 14.2. The van der Waals surface area contributed by atoms with E-state index in [1.807, 2.05) is 0 Å². The number of aliphatic hydroxyl groups is 3. The molecule has 158 valence electrons. The van der Waals surface area contributed by atoms with Crippen molar-refractivity contribution in [2.45, 2.75) is 37.6 Å². The maximum absolute atomic E-state index is 10.3. The zero-order valence-electron chi connectivity index (χ0n) is 15.8. The Morgan fingerprint density at radius 2 is 1.57 bits per heavy atom. The molecule has 5 atom stereocenters. The molecular formula is C21H21O9+. The molecule has 0 spiro atoms. The monoisotopic (exact) mass is 417 g/mol. The van der Waals surface area contributed by atoms with E-state index < -0.39 is 30.7 Å². The standard InChI is InChI=1S/C21H20O9/c1-9-17(25)18(26)19(27)21(28-9)30-16-8-13-14(24)6-12(23)7-15(13)29-20(16)10-2-4-11(22)5-3-10/h2-9,17-19,21,25-27H,1H3,(H2-,22,23,24)/p+1/t9?,17-,18?,19-,21-/m0/s1. The smallest absolute Gasteiger partial charge is 0.402 e. The molecule has 4 rings (SSSR count). The van der Waals surface area contributed by atoms with Gasteiger partial charge < -0.3 is 40.1 Å². The van der Waals surface area contributed by atoms with Gasteiger partial charge in [0.2, 0.25) is 12.0 Å². The van der Waals surface area contributed by atoms with E-state index in [2.05, 4.69) is 0 Å². The number of hydrogen-bond acceptors (Lipinski definition) is 8. The van der Waals surface area contributed by atoms with Gasteiger partial charge in [-0.3, -0.25) is 0 Å². The SMILES string of the molecule is CC1O[C@@H](Oc2cc3c(O)cc(O)cc3[o+]c2-c2ccc(O)cc2)[C@@H](O)C(O)[C@H]1O. The molecule has 0 radical (unpaired) electrons. The Hall–Kier alpha value is -3.11. The lowest BCUT2D eigenvalue weighted by Crippen LogP contribution is -2.58. The van der Waals surface area contributed by atoms with Crippen molar-refractivity contribution >= 4 is 11.0 Å². The average molecular weight is 417 g/mol. The van der Waals surface area contributed by atoms with Crippen molar-refractivity contribution in [1.82, 2.24) is 0 Å². The van der Waals surface area contributed by atoms with Crippen molar-refractivity contribution < 1.29 is 44.5 Å². The van der Waals surface area contributed by atoms with E-state index in [-0.39, 0.29) is 39.7 Å². The van der Waals surface area contributed by atoms with Gasteiger partial charge in [0.25, 0.3) is 0 Å². The Bertz CT molecular complexity index is 1070. The fourth-order valence-electron chi connectivity index (χ4n) is 3.32. The quantitative estimate of drug-likeness (QED) is 0.350. The van der Waals surface area contributed by atoms with Gasteiger partial charge in [0, 0.05) is 12.1 Å². The van der Waals surface area contributed by atoms with Crippen LogP contribution in [0.25, 0.3) is 22.3 Å². The molecule has 1 aromatic heterocycles. The summed E-state index contributed by atoms with van der Waals surface area (Å²) in [5.74, 6) is -0.198. The Balaban J connectivity index is 1.82. The second-order valence-electron chi connectivity index (χ2n) is 7.16. The van der Waals surface area contributed by atoms with Gasteiger partial charge in [-0.1, -0.05) is 0 Å². The van der Waals surface area contributed by atoms with Gasteiger partial charge in [0.15, 0.2) is 0 Å². The number of benzene rings is 2. The van der Waals surface area contributed by atoms with Crippen LogP contribution in [0.2, 0.25) is 0 Å². The van der Waals surface area contributed by atoms with E-state index in [4.69, 9.17) is 13.9 Å². The predicted molar refractivity (Wildman–Crippen MR) is 104 cm³/mol. The molecule has 0 aliphatic carbocycles. The number of phenolic OH excluding ortho intramolecular Hbond substituents is 3. The zero-order chi connectivity index (χ0) is 21.6. The summed E-state index contributed by atoms with van der Waals surface area (Å²) in [6.45, 7) is 1.52. The number of aromatic hydroxyl groups is 3. The lowest BCUT2D eigenvalue weighted by molar-refractivity contribution is -0.268. The second-order valence-corrected chi connectivity index (χ2v) is 7.16. The fraction of sp³-hybridized carbons (Fsp3) is 0.286. The van der Waals surface area contributed by atoms with Crippen LogP contribution < -0.4 is 4.74 Å². The van der Waals surface area contributed by atoms with Crippen LogP contribution in [-0.4, -0.2) is 61.3 Å². The molecule has 30 heavy (non-hydrogen) atoms. The highest BCUT2D eigenvalue weighted by molar-refractivity contribution is 5.88. The van der Waals surface area contributed by atoms with E-state index >= 15 is 0 Å². The third-order valence-corrected chi connectivity index (χ3v) is 5.00. The van der Waals surface area contributed by atoms with Crippen molar-refractivity contribution in [2.75, 3.05) is 0 Å². The highest BCUT2D eigenvalue weighted by Gasteiger charge is 2.44. The van der Waals surface area contributed by atoms with Crippen LogP contribution in [0.1, 0.15) is 6.92 Å². The van der Waals surface area contributed by atoms with Gasteiger partial charge in [0.05, 0.1) is 17.7 Å².